The number of thiophene rings is 1. The topological polar surface area (TPSA) is 99.3 Å². The fourth-order valence-electron chi connectivity index (χ4n) is 4.33. The number of rotatable bonds is 2. The molecule has 1 saturated heterocycles. The van der Waals surface area contributed by atoms with Crippen LogP contribution in [0.25, 0.3) is 21.1 Å². The molecule has 2 amide bonds. The number of fused-ring (bicyclic) bond motifs is 4. The van der Waals surface area contributed by atoms with Gasteiger partial charge in [-0.25, -0.2) is 14.8 Å². The molecule has 4 aromatic rings. The number of amides is 2. The van der Waals surface area contributed by atoms with Gasteiger partial charge in [0, 0.05) is 29.9 Å². The second-order valence-electron chi connectivity index (χ2n) is 7.87. The lowest BCUT2D eigenvalue weighted by molar-refractivity contribution is 0.0423. The smallest absolute Gasteiger partial charge is 0.320 e. The number of carbonyl (C=O) groups excluding carboxylic acids is 1. The minimum absolute atomic E-state index is 0.0843. The third-order valence-corrected chi connectivity index (χ3v) is 7.41. The van der Waals surface area contributed by atoms with E-state index in [0.717, 1.165) is 43.9 Å². The molecule has 2 aliphatic rings. The summed E-state index contributed by atoms with van der Waals surface area (Å²) < 4.78 is 5.38. The summed E-state index contributed by atoms with van der Waals surface area (Å²) in [6, 6.07) is 3.89. The van der Waals surface area contributed by atoms with Crippen molar-refractivity contribution >= 4 is 61.6 Å². The van der Waals surface area contributed by atoms with Crippen molar-refractivity contribution in [3.63, 3.8) is 0 Å². The molecule has 164 valence electrons. The molecule has 0 unspecified atom stereocenters. The van der Waals surface area contributed by atoms with Crippen LogP contribution in [0.15, 0.2) is 24.7 Å². The number of aromatic amines is 1. The predicted molar refractivity (Wildman–Crippen MR) is 124 cm³/mol. The van der Waals surface area contributed by atoms with Crippen LogP contribution >= 0.6 is 22.9 Å². The number of hydrogen-bond donors (Lipinski definition) is 2. The first kappa shape index (κ1) is 19.7. The SMILES string of the molecule is O=C(N1CCOCC1)N1CCc2c(sc3ncnc(Nc4cc5cn[nH]c5cc4Cl)c23)C1. The maximum absolute atomic E-state index is 12.9. The van der Waals surface area contributed by atoms with Gasteiger partial charge in [0.25, 0.3) is 0 Å². The van der Waals surface area contributed by atoms with Gasteiger partial charge in [-0.3, -0.25) is 5.10 Å². The molecule has 0 aliphatic carbocycles. The molecule has 0 saturated carbocycles. The van der Waals surface area contributed by atoms with Gasteiger partial charge in [-0.05, 0) is 24.1 Å². The van der Waals surface area contributed by atoms with E-state index in [-0.39, 0.29) is 6.03 Å². The van der Waals surface area contributed by atoms with Crippen molar-refractivity contribution in [3.8, 4) is 0 Å². The number of morpholine rings is 1. The molecule has 2 aliphatic heterocycles. The number of anilines is 2. The van der Waals surface area contributed by atoms with E-state index in [1.165, 1.54) is 5.56 Å². The molecule has 0 spiro atoms. The first-order chi connectivity index (χ1) is 15.7. The van der Waals surface area contributed by atoms with Crippen LogP contribution in [0.2, 0.25) is 5.02 Å². The Labute approximate surface area is 192 Å². The van der Waals surface area contributed by atoms with Gasteiger partial charge in [0.2, 0.25) is 0 Å². The number of urea groups is 1. The van der Waals surface area contributed by atoms with Gasteiger partial charge in [-0.15, -0.1) is 11.3 Å². The van der Waals surface area contributed by atoms with Gasteiger partial charge in [0.15, 0.2) is 0 Å². The summed E-state index contributed by atoms with van der Waals surface area (Å²) in [6.07, 6.45) is 4.09. The Balaban J connectivity index is 1.32. The highest BCUT2D eigenvalue weighted by Gasteiger charge is 2.29. The minimum atomic E-state index is 0.0843. The Morgan fingerprint density at radius 3 is 2.94 bits per heavy atom. The highest BCUT2D eigenvalue weighted by molar-refractivity contribution is 7.19. The summed E-state index contributed by atoms with van der Waals surface area (Å²) in [6.45, 7) is 3.77. The fourth-order valence-corrected chi connectivity index (χ4v) is 5.74. The number of H-pyrrole nitrogens is 1. The maximum atomic E-state index is 12.9. The van der Waals surface area contributed by atoms with E-state index in [4.69, 9.17) is 16.3 Å². The molecule has 2 N–H and O–H groups in total. The number of nitrogens with one attached hydrogen (secondary N) is 2. The lowest BCUT2D eigenvalue weighted by Gasteiger charge is -2.34. The van der Waals surface area contributed by atoms with Crippen LogP contribution in [0.3, 0.4) is 0 Å². The zero-order valence-corrected chi connectivity index (χ0v) is 18.7. The molecule has 6 rings (SSSR count). The number of ether oxygens (including phenoxy) is 1. The monoisotopic (exact) mass is 469 g/mol. The van der Waals surface area contributed by atoms with E-state index in [0.29, 0.717) is 44.4 Å². The van der Waals surface area contributed by atoms with Crippen LogP contribution in [-0.2, 0) is 17.7 Å². The van der Waals surface area contributed by atoms with Crippen LogP contribution in [0.4, 0.5) is 16.3 Å². The molecule has 3 aromatic heterocycles. The Hall–Kier alpha value is -2.95. The first-order valence-electron chi connectivity index (χ1n) is 10.4. The van der Waals surface area contributed by atoms with E-state index >= 15 is 0 Å². The fraction of sp³-hybridized carbons (Fsp3) is 0.333. The molecule has 32 heavy (non-hydrogen) atoms. The molecular formula is C21H20ClN7O2S. The minimum Gasteiger partial charge on any atom is -0.378 e. The number of aromatic nitrogens is 4. The van der Waals surface area contributed by atoms with E-state index in [1.54, 1.807) is 23.9 Å². The van der Waals surface area contributed by atoms with Gasteiger partial charge in [0.1, 0.15) is 17.0 Å². The molecule has 5 heterocycles. The van der Waals surface area contributed by atoms with E-state index in [9.17, 15) is 4.79 Å². The van der Waals surface area contributed by atoms with Crippen molar-refractivity contribution in [3.05, 3.63) is 40.1 Å². The van der Waals surface area contributed by atoms with Crippen molar-refractivity contribution in [1.82, 2.24) is 30.0 Å². The number of carbonyl (C=O) groups is 1. The Morgan fingerprint density at radius 2 is 2.06 bits per heavy atom. The molecule has 1 aromatic carbocycles. The molecule has 0 radical (unpaired) electrons. The Morgan fingerprint density at radius 1 is 1.19 bits per heavy atom. The zero-order chi connectivity index (χ0) is 21.7. The summed E-state index contributed by atoms with van der Waals surface area (Å²) in [7, 11) is 0. The van der Waals surface area contributed by atoms with E-state index in [2.05, 4.69) is 25.5 Å². The van der Waals surface area contributed by atoms with Crippen molar-refractivity contribution in [2.24, 2.45) is 0 Å². The second-order valence-corrected chi connectivity index (χ2v) is 9.36. The average Bonchev–Trinajstić information content (AvgIpc) is 3.43. The number of benzene rings is 1. The van der Waals surface area contributed by atoms with Crippen molar-refractivity contribution in [1.29, 1.82) is 0 Å². The van der Waals surface area contributed by atoms with Crippen molar-refractivity contribution in [2.45, 2.75) is 13.0 Å². The molecule has 0 atom stereocenters. The highest BCUT2D eigenvalue weighted by Crippen LogP contribution is 2.39. The normalized spacial score (nSPS) is 16.5. The molecule has 11 heteroatoms. The highest BCUT2D eigenvalue weighted by atomic mass is 35.5. The largest absolute Gasteiger partial charge is 0.378 e. The summed E-state index contributed by atoms with van der Waals surface area (Å²) in [4.78, 5) is 27.8. The Kier molecular flexibility index (Phi) is 4.85. The second kappa shape index (κ2) is 7.88. The maximum Gasteiger partial charge on any atom is 0.320 e. The lowest BCUT2D eigenvalue weighted by Crippen LogP contribution is -2.49. The van der Waals surface area contributed by atoms with Crippen LogP contribution in [0.5, 0.6) is 0 Å². The number of halogens is 1. The summed E-state index contributed by atoms with van der Waals surface area (Å²) in [5, 5.41) is 12.9. The van der Waals surface area contributed by atoms with E-state index in [1.807, 2.05) is 21.9 Å². The lowest BCUT2D eigenvalue weighted by atomic mass is 10.0. The van der Waals surface area contributed by atoms with Gasteiger partial charge >= 0.3 is 6.03 Å². The van der Waals surface area contributed by atoms with Crippen LogP contribution in [0.1, 0.15) is 10.4 Å². The predicted octanol–water partition coefficient (Wildman–Crippen LogP) is 3.77. The third kappa shape index (κ3) is 3.35. The number of hydrogen-bond acceptors (Lipinski definition) is 7. The number of nitrogens with zero attached hydrogens (tertiary/aromatic N) is 5. The van der Waals surface area contributed by atoms with Crippen molar-refractivity contribution < 1.29 is 9.53 Å². The first-order valence-corrected chi connectivity index (χ1v) is 11.6. The molecule has 9 nitrogen and oxygen atoms in total. The summed E-state index contributed by atoms with van der Waals surface area (Å²) in [5.74, 6) is 0.727. The van der Waals surface area contributed by atoms with Gasteiger partial charge in [-0.2, -0.15) is 5.10 Å². The van der Waals surface area contributed by atoms with Crippen LogP contribution < -0.4 is 5.32 Å². The van der Waals surface area contributed by atoms with Crippen LogP contribution in [0, 0.1) is 0 Å². The molecular weight excluding hydrogens is 450 g/mol. The van der Waals surface area contributed by atoms with Gasteiger partial charge in [0.05, 0.1) is 47.6 Å². The quantitative estimate of drug-likeness (QED) is 0.463. The average molecular weight is 470 g/mol. The van der Waals surface area contributed by atoms with Crippen LogP contribution in [-0.4, -0.2) is 68.8 Å². The standard InChI is InChI=1S/C21H20ClN7O2S/c22-14-8-15-12(9-25-27-15)7-16(14)26-19-18-13-1-2-29(21(30)28-3-5-31-6-4-28)10-17(13)32-20(18)24-11-23-19/h7-9,11H,1-6,10H2,(H,25,27)(H,23,24,26). The van der Waals surface area contributed by atoms with Gasteiger partial charge < -0.3 is 19.9 Å². The summed E-state index contributed by atoms with van der Waals surface area (Å²) in [5.41, 5.74) is 2.85. The van der Waals surface area contributed by atoms with Gasteiger partial charge in [-0.1, -0.05) is 11.6 Å². The molecule has 1 fully saturated rings. The Bertz CT molecular complexity index is 1330. The third-order valence-electron chi connectivity index (χ3n) is 5.97. The van der Waals surface area contributed by atoms with E-state index < -0.39 is 0 Å². The summed E-state index contributed by atoms with van der Waals surface area (Å²) >= 11 is 8.12. The van der Waals surface area contributed by atoms with Crippen molar-refractivity contribution in [2.75, 3.05) is 38.2 Å². The zero-order valence-electron chi connectivity index (χ0n) is 17.1. The molecule has 0 bridgehead atoms.